The van der Waals surface area contributed by atoms with E-state index in [0.717, 1.165) is 5.56 Å². The number of nitriles is 1. The quantitative estimate of drug-likeness (QED) is 0.357. The highest BCUT2D eigenvalue weighted by Gasteiger charge is 2.33. The molecule has 1 aromatic rings. The second-order valence-electron chi connectivity index (χ2n) is 5.10. The molecule has 0 radical (unpaired) electrons. The molecule has 0 fully saturated rings. The Labute approximate surface area is 149 Å². The van der Waals surface area contributed by atoms with Crippen molar-refractivity contribution in [3.63, 3.8) is 0 Å². The molecule has 1 aromatic carbocycles. The maximum Gasteiger partial charge on any atom is 0.305 e. The molecule has 126 valence electrons. The van der Waals surface area contributed by atoms with E-state index < -0.39 is 5.41 Å². The summed E-state index contributed by atoms with van der Waals surface area (Å²) in [7, 11) is 2.19. The Kier molecular flexibility index (Phi) is 8.87. The molecule has 0 heterocycles. The number of carbonyl (C=O) groups excluding carboxylic acids is 1. The summed E-state index contributed by atoms with van der Waals surface area (Å²) in [4.78, 5) is 11.7. The van der Waals surface area contributed by atoms with Gasteiger partial charge in [0.2, 0.25) is 0 Å². The number of hydrogen-bond donors (Lipinski definition) is 0. The lowest BCUT2D eigenvalue weighted by molar-refractivity contribution is -0.143. The molecule has 0 saturated heterocycles. The number of rotatable bonds is 9. The molecule has 4 nitrogen and oxygen atoms in total. The standard InChI is InChI=1S/C16H20Cl2NO3P/c1-2-21-15(20)6-8-16(11-19,7-3-9-22-23)12-4-5-13(17)14(18)10-12/h4-5,10H,2-3,6-9,23H2,1H3. The van der Waals surface area contributed by atoms with Crippen LogP contribution in [-0.2, 0) is 19.5 Å². The second kappa shape index (κ2) is 10.1. The Morgan fingerprint density at radius 3 is 2.65 bits per heavy atom. The Morgan fingerprint density at radius 2 is 2.09 bits per heavy atom. The van der Waals surface area contributed by atoms with Crippen molar-refractivity contribution in [3.05, 3.63) is 33.8 Å². The number of hydrogen-bond acceptors (Lipinski definition) is 4. The molecule has 7 heteroatoms. The van der Waals surface area contributed by atoms with Gasteiger partial charge in [-0.25, -0.2) is 0 Å². The fraction of sp³-hybridized carbons (Fsp3) is 0.500. The van der Waals surface area contributed by atoms with Gasteiger partial charge in [-0.05, 0) is 43.9 Å². The monoisotopic (exact) mass is 375 g/mol. The van der Waals surface area contributed by atoms with Crippen LogP contribution in [0.1, 0.15) is 38.2 Å². The van der Waals surface area contributed by atoms with Gasteiger partial charge in [0.15, 0.2) is 0 Å². The van der Waals surface area contributed by atoms with E-state index in [-0.39, 0.29) is 12.4 Å². The number of benzene rings is 1. The summed E-state index contributed by atoms with van der Waals surface area (Å²) in [6.07, 6.45) is 1.76. The van der Waals surface area contributed by atoms with Crippen LogP contribution in [0.5, 0.6) is 0 Å². The highest BCUT2D eigenvalue weighted by molar-refractivity contribution is 7.09. The van der Waals surface area contributed by atoms with E-state index in [9.17, 15) is 10.1 Å². The van der Waals surface area contributed by atoms with Crippen LogP contribution >= 0.6 is 32.7 Å². The van der Waals surface area contributed by atoms with E-state index in [2.05, 4.69) is 15.5 Å². The zero-order valence-corrected chi connectivity index (χ0v) is 15.6. The Hall–Kier alpha value is -0.850. The average molecular weight is 376 g/mol. The molecule has 0 aliphatic rings. The topological polar surface area (TPSA) is 59.3 Å². The number of nitrogens with zero attached hydrogens (tertiary/aromatic N) is 1. The first-order valence-corrected chi connectivity index (χ1v) is 8.56. The summed E-state index contributed by atoms with van der Waals surface area (Å²) in [5.41, 5.74) is -0.0769. The Morgan fingerprint density at radius 1 is 1.35 bits per heavy atom. The van der Waals surface area contributed by atoms with E-state index in [1.165, 1.54) is 0 Å². The molecular formula is C16H20Cl2NO3P. The molecule has 0 aliphatic carbocycles. The molecule has 0 amide bonds. The minimum atomic E-state index is -0.829. The van der Waals surface area contributed by atoms with Crippen molar-refractivity contribution >= 4 is 38.6 Å². The molecule has 0 aliphatic heterocycles. The maximum atomic E-state index is 11.7. The highest BCUT2D eigenvalue weighted by atomic mass is 35.5. The molecule has 1 rings (SSSR count). The highest BCUT2D eigenvalue weighted by Crippen LogP contribution is 2.37. The molecule has 23 heavy (non-hydrogen) atoms. The van der Waals surface area contributed by atoms with Gasteiger partial charge in [0.1, 0.15) is 0 Å². The van der Waals surface area contributed by atoms with Gasteiger partial charge in [-0.15, -0.1) is 0 Å². The first-order valence-electron chi connectivity index (χ1n) is 7.33. The van der Waals surface area contributed by atoms with Gasteiger partial charge >= 0.3 is 5.97 Å². The second-order valence-corrected chi connectivity index (χ2v) is 6.25. The van der Waals surface area contributed by atoms with Crippen molar-refractivity contribution in [3.8, 4) is 6.07 Å². The summed E-state index contributed by atoms with van der Waals surface area (Å²) in [6.45, 7) is 2.59. The normalized spacial score (nSPS) is 13.2. The molecule has 0 spiro atoms. The van der Waals surface area contributed by atoms with Gasteiger partial charge in [-0.3, -0.25) is 4.79 Å². The summed E-state index contributed by atoms with van der Waals surface area (Å²) >= 11 is 12.0. The van der Waals surface area contributed by atoms with Crippen LogP contribution in [0.3, 0.4) is 0 Å². The van der Waals surface area contributed by atoms with E-state index in [4.69, 9.17) is 32.5 Å². The van der Waals surface area contributed by atoms with Crippen molar-refractivity contribution < 1.29 is 14.1 Å². The lowest BCUT2D eigenvalue weighted by Crippen LogP contribution is -2.26. The largest absolute Gasteiger partial charge is 0.466 e. The number of halogens is 2. The van der Waals surface area contributed by atoms with E-state index in [1.54, 1.807) is 25.1 Å². The van der Waals surface area contributed by atoms with E-state index >= 15 is 0 Å². The van der Waals surface area contributed by atoms with Crippen LogP contribution in [-0.4, -0.2) is 19.2 Å². The van der Waals surface area contributed by atoms with E-state index in [0.29, 0.717) is 42.5 Å². The predicted molar refractivity (Wildman–Crippen MR) is 94.5 cm³/mol. The van der Waals surface area contributed by atoms with Crippen molar-refractivity contribution in [2.45, 2.75) is 38.0 Å². The molecule has 0 aromatic heterocycles. The van der Waals surface area contributed by atoms with Gasteiger partial charge < -0.3 is 9.26 Å². The van der Waals surface area contributed by atoms with Crippen LogP contribution in [0, 0.1) is 11.3 Å². The Bertz CT molecular complexity index is 577. The van der Waals surface area contributed by atoms with Gasteiger partial charge in [-0.1, -0.05) is 29.3 Å². The third-order valence-corrected chi connectivity index (χ3v) is 4.59. The van der Waals surface area contributed by atoms with Crippen LogP contribution in [0.15, 0.2) is 18.2 Å². The lowest BCUT2D eigenvalue weighted by atomic mass is 9.74. The third kappa shape index (κ3) is 5.94. The third-order valence-electron chi connectivity index (χ3n) is 3.61. The predicted octanol–water partition coefficient (Wildman–Crippen LogP) is 4.68. The minimum Gasteiger partial charge on any atom is -0.466 e. The summed E-state index contributed by atoms with van der Waals surface area (Å²) in [6, 6.07) is 7.51. The lowest BCUT2D eigenvalue weighted by Gasteiger charge is -2.27. The zero-order valence-electron chi connectivity index (χ0n) is 13.0. The van der Waals surface area contributed by atoms with E-state index in [1.807, 2.05) is 0 Å². The van der Waals surface area contributed by atoms with Crippen molar-refractivity contribution in [1.82, 2.24) is 0 Å². The average Bonchev–Trinajstić information content (AvgIpc) is 2.54. The van der Waals surface area contributed by atoms with Crippen LogP contribution in [0.25, 0.3) is 0 Å². The first kappa shape index (κ1) is 20.2. The molecule has 2 unspecified atom stereocenters. The number of carbonyl (C=O) groups is 1. The smallest absolute Gasteiger partial charge is 0.305 e. The van der Waals surface area contributed by atoms with Crippen molar-refractivity contribution in [1.29, 1.82) is 5.26 Å². The molecular weight excluding hydrogens is 356 g/mol. The Balaban J connectivity index is 3.04. The van der Waals surface area contributed by atoms with Crippen molar-refractivity contribution in [2.75, 3.05) is 13.2 Å². The molecule has 2 atom stereocenters. The first-order chi connectivity index (χ1) is 11.0. The summed E-state index contributed by atoms with van der Waals surface area (Å²) < 4.78 is 9.96. The van der Waals surface area contributed by atoms with Crippen LogP contribution in [0.4, 0.5) is 0 Å². The number of esters is 1. The zero-order chi connectivity index (χ0) is 17.3. The van der Waals surface area contributed by atoms with Gasteiger partial charge in [0, 0.05) is 15.9 Å². The number of ether oxygens (including phenoxy) is 1. The summed E-state index contributed by atoms with van der Waals surface area (Å²) in [5.74, 6) is -0.311. The van der Waals surface area contributed by atoms with Crippen LogP contribution < -0.4 is 0 Å². The fourth-order valence-corrected chi connectivity index (χ4v) is 2.85. The molecule has 0 saturated carbocycles. The molecule has 0 N–H and O–H groups in total. The van der Waals surface area contributed by atoms with Crippen molar-refractivity contribution in [2.24, 2.45) is 0 Å². The van der Waals surface area contributed by atoms with Gasteiger partial charge in [0.25, 0.3) is 0 Å². The van der Waals surface area contributed by atoms with Gasteiger partial charge in [-0.2, -0.15) is 5.26 Å². The van der Waals surface area contributed by atoms with Gasteiger partial charge in [0.05, 0.1) is 34.7 Å². The minimum absolute atomic E-state index is 0.170. The molecule has 0 bridgehead atoms. The maximum absolute atomic E-state index is 11.7. The SMILES string of the molecule is CCOC(=O)CCC(C#N)(CCCOP)c1ccc(Cl)c(Cl)c1. The van der Waals surface area contributed by atoms with Crippen LogP contribution in [0.2, 0.25) is 10.0 Å². The fourth-order valence-electron chi connectivity index (χ4n) is 2.39. The summed E-state index contributed by atoms with van der Waals surface area (Å²) in [5, 5.41) is 10.6.